The van der Waals surface area contributed by atoms with Gasteiger partial charge in [-0.2, -0.15) is 0 Å². The molecule has 1 fully saturated rings. The van der Waals surface area contributed by atoms with Crippen molar-refractivity contribution >= 4 is 16.9 Å². The van der Waals surface area contributed by atoms with Crippen molar-refractivity contribution in [2.45, 2.75) is 19.2 Å². The first-order chi connectivity index (χ1) is 11.7. The van der Waals surface area contributed by atoms with Crippen LogP contribution >= 0.6 is 11.8 Å². The molecule has 1 saturated heterocycles. The van der Waals surface area contributed by atoms with E-state index >= 15 is 0 Å². The lowest BCUT2D eigenvalue weighted by atomic mass is 10.0. The van der Waals surface area contributed by atoms with Crippen molar-refractivity contribution in [1.29, 1.82) is 0 Å². The van der Waals surface area contributed by atoms with E-state index in [2.05, 4.69) is 9.98 Å². The van der Waals surface area contributed by atoms with Crippen molar-refractivity contribution in [3.8, 4) is 5.75 Å². The quantitative estimate of drug-likeness (QED) is 0.905. The van der Waals surface area contributed by atoms with Crippen LogP contribution in [0.15, 0.2) is 53.8 Å². The third kappa shape index (κ3) is 3.25. The molecule has 24 heavy (non-hydrogen) atoms. The van der Waals surface area contributed by atoms with Gasteiger partial charge in [0, 0.05) is 24.5 Å². The van der Waals surface area contributed by atoms with E-state index in [-0.39, 0.29) is 0 Å². The van der Waals surface area contributed by atoms with E-state index in [1.54, 1.807) is 25.1 Å². The molecule has 6 heteroatoms. The fourth-order valence-corrected chi connectivity index (χ4v) is 4.00. The fraction of sp³-hybridized carbons (Fsp3) is 0.333. The molecule has 1 unspecified atom stereocenters. The molecule has 1 aromatic carbocycles. The number of methoxy groups -OCH3 is 1. The van der Waals surface area contributed by atoms with Crippen molar-refractivity contribution < 1.29 is 9.84 Å². The summed E-state index contributed by atoms with van der Waals surface area (Å²) in [4.78, 5) is 10.7. The highest BCUT2D eigenvalue weighted by molar-refractivity contribution is 8.14. The highest BCUT2D eigenvalue weighted by Gasteiger charge is 2.43. The molecule has 1 aliphatic heterocycles. The van der Waals surface area contributed by atoms with Gasteiger partial charge in [0.25, 0.3) is 0 Å². The number of hydrogen-bond donors (Lipinski definition) is 1. The maximum atomic E-state index is 11.2. The molecule has 0 amide bonds. The Morgan fingerprint density at radius 2 is 2.12 bits per heavy atom. The zero-order valence-electron chi connectivity index (χ0n) is 13.8. The van der Waals surface area contributed by atoms with Crippen LogP contribution in [-0.2, 0) is 12.3 Å². The van der Waals surface area contributed by atoms with Gasteiger partial charge in [-0.3, -0.25) is 9.98 Å². The average molecular weight is 343 g/mol. The Balaban J connectivity index is 1.82. The van der Waals surface area contributed by atoms with Crippen LogP contribution in [-0.4, -0.2) is 39.6 Å². The van der Waals surface area contributed by atoms with Gasteiger partial charge < -0.3 is 14.7 Å². The van der Waals surface area contributed by atoms with Gasteiger partial charge >= 0.3 is 0 Å². The van der Waals surface area contributed by atoms with Crippen molar-refractivity contribution in [3.05, 3.63) is 59.9 Å². The van der Waals surface area contributed by atoms with E-state index in [4.69, 9.17) is 4.74 Å². The molecule has 5 nitrogen and oxygen atoms in total. The Hall–Kier alpha value is -2.05. The van der Waals surface area contributed by atoms with Crippen LogP contribution in [0.2, 0.25) is 0 Å². The molecule has 0 radical (unpaired) electrons. The lowest BCUT2D eigenvalue weighted by molar-refractivity contribution is -0.0454. The second-order valence-corrected chi connectivity index (χ2v) is 6.48. The monoisotopic (exact) mass is 343 g/mol. The van der Waals surface area contributed by atoms with Gasteiger partial charge in [0.05, 0.1) is 19.4 Å². The molecule has 1 N–H and O–H groups in total. The average Bonchev–Trinajstić information content (AvgIpc) is 2.97. The van der Waals surface area contributed by atoms with E-state index in [1.165, 1.54) is 0 Å². The molecule has 0 bridgehead atoms. The third-order valence-electron chi connectivity index (χ3n) is 4.07. The molecule has 1 aromatic heterocycles. The SMILES string of the molecule is CCN1C(=NCc2cccnc2)SCC1(O)c1ccc(OC)cc1. The second kappa shape index (κ2) is 7.23. The maximum Gasteiger partial charge on any atom is 0.175 e. The van der Waals surface area contributed by atoms with E-state index in [0.29, 0.717) is 18.8 Å². The predicted molar refractivity (Wildman–Crippen MR) is 97.1 cm³/mol. The molecular weight excluding hydrogens is 322 g/mol. The molecule has 126 valence electrons. The summed E-state index contributed by atoms with van der Waals surface area (Å²) in [6.45, 7) is 3.27. The Labute approximate surface area is 146 Å². The number of amidine groups is 1. The molecule has 0 saturated carbocycles. The van der Waals surface area contributed by atoms with Crippen LogP contribution in [0.5, 0.6) is 5.75 Å². The van der Waals surface area contributed by atoms with E-state index < -0.39 is 5.72 Å². The third-order valence-corrected chi connectivity index (χ3v) is 5.22. The zero-order valence-corrected chi connectivity index (χ0v) is 14.7. The summed E-state index contributed by atoms with van der Waals surface area (Å²) in [5.74, 6) is 1.33. The van der Waals surface area contributed by atoms with Crippen LogP contribution < -0.4 is 4.74 Å². The molecule has 3 rings (SSSR count). The summed E-state index contributed by atoms with van der Waals surface area (Å²) >= 11 is 1.58. The van der Waals surface area contributed by atoms with Crippen molar-refractivity contribution in [2.75, 3.05) is 19.4 Å². The first kappa shape index (κ1) is 16.8. The molecule has 2 heterocycles. The molecule has 1 atom stereocenters. The van der Waals surface area contributed by atoms with Gasteiger partial charge in [-0.1, -0.05) is 30.0 Å². The first-order valence-electron chi connectivity index (χ1n) is 7.88. The summed E-state index contributed by atoms with van der Waals surface area (Å²) in [5, 5.41) is 12.1. The van der Waals surface area contributed by atoms with Crippen molar-refractivity contribution in [2.24, 2.45) is 4.99 Å². The smallest absolute Gasteiger partial charge is 0.175 e. The Bertz CT molecular complexity index is 706. The predicted octanol–water partition coefficient (Wildman–Crippen LogP) is 2.86. The van der Waals surface area contributed by atoms with Crippen LogP contribution in [0.4, 0.5) is 0 Å². The molecule has 2 aromatic rings. The molecule has 1 aliphatic rings. The first-order valence-corrected chi connectivity index (χ1v) is 8.86. The van der Waals surface area contributed by atoms with Crippen LogP contribution in [0, 0.1) is 0 Å². The number of benzene rings is 1. The number of rotatable bonds is 5. The van der Waals surface area contributed by atoms with E-state index in [0.717, 1.165) is 22.0 Å². The van der Waals surface area contributed by atoms with Gasteiger partial charge in [-0.25, -0.2) is 0 Å². The summed E-state index contributed by atoms with van der Waals surface area (Å²) in [6.07, 6.45) is 3.57. The summed E-state index contributed by atoms with van der Waals surface area (Å²) in [5.41, 5.74) is 0.866. The molecular formula is C18H21N3O2S. The van der Waals surface area contributed by atoms with Gasteiger partial charge in [-0.15, -0.1) is 0 Å². The van der Waals surface area contributed by atoms with Crippen molar-refractivity contribution in [3.63, 3.8) is 0 Å². The number of thioether (sulfide) groups is 1. The normalized spacial score (nSPS) is 22.1. The number of aliphatic hydroxyl groups is 1. The summed E-state index contributed by atoms with van der Waals surface area (Å²) in [7, 11) is 1.64. The lowest BCUT2D eigenvalue weighted by Gasteiger charge is -2.33. The van der Waals surface area contributed by atoms with Gasteiger partial charge in [0.1, 0.15) is 5.75 Å². The van der Waals surface area contributed by atoms with Crippen LogP contribution in [0.1, 0.15) is 18.1 Å². The maximum absolute atomic E-state index is 11.2. The number of hydrogen-bond acceptors (Lipinski definition) is 5. The minimum atomic E-state index is -1.04. The fourth-order valence-electron chi connectivity index (χ4n) is 2.75. The van der Waals surface area contributed by atoms with Crippen molar-refractivity contribution in [1.82, 2.24) is 9.88 Å². The van der Waals surface area contributed by atoms with Gasteiger partial charge in [0.15, 0.2) is 10.9 Å². The topological polar surface area (TPSA) is 58.0 Å². The number of aromatic nitrogens is 1. The summed E-state index contributed by atoms with van der Waals surface area (Å²) in [6, 6.07) is 11.5. The van der Waals surface area contributed by atoms with E-state index in [1.807, 2.05) is 54.4 Å². The molecule has 0 spiro atoms. The number of ether oxygens (including phenoxy) is 1. The summed E-state index contributed by atoms with van der Waals surface area (Å²) < 4.78 is 5.20. The Morgan fingerprint density at radius 1 is 1.33 bits per heavy atom. The largest absolute Gasteiger partial charge is 0.497 e. The number of pyridine rings is 1. The highest BCUT2D eigenvalue weighted by atomic mass is 32.2. The minimum Gasteiger partial charge on any atom is -0.497 e. The zero-order chi connectivity index (χ0) is 17.0. The lowest BCUT2D eigenvalue weighted by Crippen LogP contribution is -2.44. The van der Waals surface area contributed by atoms with E-state index in [9.17, 15) is 5.11 Å². The Morgan fingerprint density at radius 3 is 2.75 bits per heavy atom. The second-order valence-electron chi connectivity index (χ2n) is 5.54. The van der Waals surface area contributed by atoms with Crippen LogP contribution in [0.3, 0.4) is 0 Å². The number of aliphatic imine (C=N–C) groups is 1. The highest BCUT2D eigenvalue weighted by Crippen LogP contribution is 2.39. The van der Waals surface area contributed by atoms with Gasteiger partial charge in [-0.05, 0) is 30.7 Å². The van der Waals surface area contributed by atoms with Crippen LogP contribution in [0.25, 0.3) is 0 Å². The van der Waals surface area contributed by atoms with Gasteiger partial charge in [0.2, 0.25) is 0 Å². The Kier molecular flexibility index (Phi) is 5.06. The number of nitrogens with zero attached hydrogens (tertiary/aromatic N) is 3. The standard InChI is InChI=1S/C18H21N3O2S/c1-3-21-17(20-12-14-5-4-10-19-11-14)24-13-18(21,22)15-6-8-16(23-2)9-7-15/h4-11,22H,3,12-13H2,1-2H3. The minimum absolute atomic E-state index is 0.555. The molecule has 0 aliphatic carbocycles.